The highest BCUT2D eigenvalue weighted by atomic mass is 16.6. The van der Waals surface area contributed by atoms with E-state index in [0.29, 0.717) is 38.8 Å². The van der Waals surface area contributed by atoms with Crippen LogP contribution in [0.5, 0.6) is 0 Å². The van der Waals surface area contributed by atoms with Crippen molar-refractivity contribution in [2.24, 2.45) is 5.41 Å². The Hall–Kier alpha value is -1.99. The molecule has 2 N–H and O–H groups in total. The number of ether oxygens (including phenoxy) is 2. The Bertz CT molecular complexity index is 629. The van der Waals surface area contributed by atoms with Gasteiger partial charge in [-0.05, 0) is 85.5 Å². The van der Waals surface area contributed by atoms with Crippen molar-refractivity contribution < 1.29 is 29.0 Å². The van der Waals surface area contributed by atoms with E-state index < -0.39 is 28.8 Å². The Morgan fingerprint density at radius 3 is 1.72 bits per heavy atom. The van der Waals surface area contributed by atoms with Gasteiger partial charge in [-0.25, -0.2) is 14.4 Å². The molecule has 2 amide bonds. The number of likely N-dealkylation sites (tertiary alicyclic amines) is 1. The number of carboxylic acid groups (broad SMARTS) is 1. The van der Waals surface area contributed by atoms with E-state index in [0.717, 1.165) is 12.8 Å². The van der Waals surface area contributed by atoms with Gasteiger partial charge < -0.3 is 24.8 Å². The van der Waals surface area contributed by atoms with Gasteiger partial charge in [-0.2, -0.15) is 0 Å². The number of rotatable bonds is 2. The summed E-state index contributed by atoms with van der Waals surface area (Å²) in [6, 6.07) is 0. The Kier molecular flexibility index (Phi) is 6.45. The molecule has 29 heavy (non-hydrogen) atoms. The molecule has 8 nitrogen and oxygen atoms in total. The van der Waals surface area contributed by atoms with Crippen LogP contribution in [0.4, 0.5) is 9.59 Å². The van der Waals surface area contributed by atoms with Crippen molar-refractivity contribution in [2.75, 3.05) is 13.1 Å². The summed E-state index contributed by atoms with van der Waals surface area (Å²) < 4.78 is 10.7. The highest BCUT2D eigenvalue weighted by Gasteiger charge is 2.49. The van der Waals surface area contributed by atoms with E-state index in [-0.39, 0.29) is 11.5 Å². The molecule has 1 saturated carbocycles. The van der Waals surface area contributed by atoms with Crippen LogP contribution >= 0.6 is 0 Å². The average Bonchev–Trinajstić information content (AvgIpc) is 2.54. The molecule has 8 heteroatoms. The van der Waals surface area contributed by atoms with Crippen molar-refractivity contribution in [3.8, 4) is 0 Å². The number of alkyl carbamates (subject to hydrolysis) is 1. The average molecular weight is 413 g/mol. The summed E-state index contributed by atoms with van der Waals surface area (Å²) in [5.74, 6) is -1.02. The third kappa shape index (κ3) is 6.24. The van der Waals surface area contributed by atoms with Gasteiger partial charge in [0.1, 0.15) is 16.7 Å². The van der Waals surface area contributed by atoms with Gasteiger partial charge in [-0.3, -0.25) is 0 Å². The van der Waals surface area contributed by atoms with E-state index in [4.69, 9.17) is 9.47 Å². The molecule has 0 aromatic rings. The number of piperidine rings is 1. The molecule has 1 aliphatic carbocycles. The van der Waals surface area contributed by atoms with Crippen molar-refractivity contribution in [1.29, 1.82) is 0 Å². The smallest absolute Gasteiger partial charge is 0.410 e. The molecule has 0 bridgehead atoms. The zero-order valence-corrected chi connectivity index (χ0v) is 18.6. The Labute approximate surface area is 173 Å². The topological polar surface area (TPSA) is 105 Å². The number of amides is 2. The second-order valence-corrected chi connectivity index (χ2v) is 10.5. The lowest BCUT2D eigenvalue weighted by molar-refractivity contribution is -0.148. The first-order valence-electron chi connectivity index (χ1n) is 10.4. The maximum absolute atomic E-state index is 12.3. The van der Waals surface area contributed by atoms with Gasteiger partial charge in [0.15, 0.2) is 0 Å². The Balaban J connectivity index is 1.95. The molecule has 1 saturated heterocycles. The zero-order chi connectivity index (χ0) is 22.1. The molecule has 0 aromatic carbocycles. The molecule has 2 aliphatic rings. The minimum absolute atomic E-state index is 0.00702. The number of hydrogen-bond donors (Lipinski definition) is 2. The maximum Gasteiger partial charge on any atom is 0.410 e. The van der Waals surface area contributed by atoms with E-state index in [9.17, 15) is 19.5 Å². The van der Waals surface area contributed by atoms with Crippen molar-refractivity contribution in [2.45, 2.75) is 96.8 Å². The van der Waals surface area contributed by atoms with Crippen LogP contribution in [0.1, 0.15) is 80.1 Å². The fourth-order valence-corrected chi connectivity index (χ4v) is 4.09. The van der Waals surface area contributed by atoms with Gasteiger partial charge in [-0.1, -0.05) is 0 Å². The molecule has 2 fully saturated rings. The first-order chi connectivity index (χ1) is 13.2. The van der Waals surface area contributed by atoms with Crippen molar-refractivity contribution in [1.82, 2.24) is 10.2 Å². The number of carboxylic acids is 1. The number of nitrogens with zero attached hydrogens (tertiary/aromatic N) is 1. The van der Waals surface area contributed by atoms with E-state index in [1.807, 2.05) is 20.8 Å². The predicted molar refractivity (Wildman–Crippen MR) is 108 cm³/mol. The van der Waals surface area contributed by atoms with Crippen LogP contribution < -0.4 is 5.32 Å². The van der Waals surface area contributed by atoms with E-state index >= 15 is 0 Å². The number of nitrogens with one attached hydrogen (secondary N) is 1. The minimum atomic E-state index is -1.30. The SMILES string of the molecule is CC(C)(C)OC(=O)NC1(C(=O)O)CCC2(CCN(C(=O)OC(C)(C)C)CC2)CC1. The van der Waals surface area contributed by atoms with Gasteiger partial charge in [0.2, 0.25) is 0 Å². The molecule has 0 unspecified atom stereocenters. The quantitative estimate of drug-likeness (QED) is 0.712. The molecular weight excluding hydrogens is 376 g/mol. The summed E-state index contributed by atoms with van der Waals surface area (Å²) in [5, 5.41) is 12.4. The standard InChI is InChI=1S/C21H36N2O6/c1-18(2,3)28-16(26)22-21(15(24)25)9-7-20(8-10-21)11-13-23(14-12-20)17(27)29-19(4,5)6/h7-14H2,1-6H3,(H,22,26)(H,24,25). The fraction of sp³-hybridized carbons (Fsp3) is 0.857. The van der Waals surface area contributed by atoms with Crippen LogP contribution in [0.2, 0.25) is 0 Å². The third-order valence-electron chi connectivity index (χ3n) is 5.79. The number of aliphatic carboxylic acids is 1. The molecular formula is C21H36N2O6. The molecule has 0 atom stereocenters. The van der Waals surface area contributed by atoms with Gasteiger partial charge in [-0.15, -0.1) is 0 Å². The molecule has 0 radical (unpaired) electrons. The largest absolute Gasteiger partial charge is 0.480 e. The second-order valence-electron chi connectivity index (χ2n) is 10.5. The van der Waals surface area contributed by atoms with Gasteiger partial charge in [0.25, 0.3) is 0 Å². The van der Waals surface area contributed by atoms with Crippen LogP contribution in [-0.2, 0) is 14.3 Å². The van der Waals surface area contributed by atoms with Gasteiger partial charge in [0, 0.05) is 13.1 Å². The van der Waals surface area contributed by atoms with Crippen LogP contribution in [0.25, 0.3) is 0 Å². The van der Waals surface area contributed by atoms with Gasteiger partial charge in [0.05, 0.1) is 0 Å². The van der Waals surface area contributed by atoms with Crippen molar-refractivity contribution >= 4 is 18.2 Å². The summed E-state index contributed by atoms with van der Waals surface area (Å²) >= 11 is 0. The summed E-state index contributed by atoms with van der Waals surface area (Å²) in [6.07, 6.45) is 2.73. The molecule has 0 aromatic heterocycles. The normalized spacial score (nSPS) is 21.4. The summed E-state index contributed by atoms with van der Waals surface area (Å²) in [4.78, 5) is 38.2. The lowest BCUT2D eigenvalue weighted by Crippen LogP contribution is -2.59. The Morgan fingerprint density at radius 1 is 0.828 bits per heavy atom. The van der Waals surface area contributed by atoms with Crippen LogP contribution in [0, 0.1) is 5.41 Å². The molecule has 2 rings (SSSR count). The maximum atomic E-state index is 12.3. The fourth-order valence-electron chi connectivity index (χ4n) is 4.09. The number of hydrogen-bond acceptors (Lipinski definition) is 5. The molecule has 1 aliphatic heterocycles. The molecule has 1 spiro atoms. The van der Waals surface area contributed by atoms with Crippen LogP contribution in [0.3, 0.4) is 0 Å². The predicted octanol–water partition coefficient (Wildman–Crippen LogP) is 3.93. The third-order valence-corrected chi connectivity index (χ3v) is 5.79. The summed E-state index contributed by atoms with van der Waals surface area (Å²) in [6.45, 7) is 12.0. The summed E-state index contributed by atoms with van der Waals surface area (Å²) in [5.41, 5.74) is -2.50. The van der Waals surface area contributed by atoms with Gasteiger partial charge >= 0.3 is 18.2 Å². The lowest BCUT2D eigenvalue weighted by Gasteiger charge is -2.48. The first kappa shape index (κ1) is 23.3. The van der Waals surface area contributed by atoms with E-state index in [2.05, 4.69) is 5.32 Å². The highest BCUT2D eigenvalue weighted by Crippen LogP contribution is 2.47. The zero-order valence-electron chi connectivity index (χ0n) is 18.6. The monoisotopic (exact) mass is 412 g/mol. The van der Waals surface area contributed by atoms with Crippen LogP contribution in [-0.4, -0.2) is 58.0 Å². The summed E-state index contributed by atoms with van der Waals surface area (Å²) in [7, 11) is 0. The second kappa shape index (κ2) is 8.03. The van der Waals surface area contributed by atoms with Crippen molar-refractivity contribution in [3.63, 3.8) is 0 Å². The van der Waals surface area contributed by atoms with E-state index in [1.165, 1.54) is 0 Å². The Morgan fingerprint density at radius 2 is 1.31 bits per heavy atom. The molecule has 1 heterocycles. The number of carbonyl (C=O) groups excluding carboxylic acids is 2. The first-order valence-corrected chi connectivity index (χ1v) is 10.4. The molecule has 166 valence electrons. The lowest BCUT2D eigenvalue weighted by atomic mass is 9.63. The van der Waals surface area contributed by atoms with E-state index in [1.54, 1.807) is 25.7 Å². The van der Waals surface area contributed by atoms with Crippen LogP contribution in [0.15, 0.2) is 0 Å². The minimum Gasteiger partial charge on any atom is -0.480 e. The number of carbonyl (C=O) groups is 3. The van der Waals surface area contributed by atoms with Crippen molar-refractivity contribution in [3.05, 3.63) is 0 Å². The highest BCUT2D eigenvalue weighted by molar-refractivity contribution is 5.84.